The third kappa shape index (κ3) is 3.42. The highest BCUT2D eigenvalue weighted by Gasteiger charge is 2.29. The van der Waals surface area contributed by atoms with Gasteiger partial charge in [0.05, 0.1) is 0 Å². The molecule has 2 heterocycles. The number of nitrogens with zero attached hydrogens (tertiary/aromatic N) is 2. The number of benzene rings is 5. The molecule has 0 bridgehead atoms. The second-order valence-corrected chi connectivity index (χ2v) is 9.38. The van der Waals surface area contributed by atoms with Gasteiger partial charge in [-0.3, -0.25) is 9.98 Å². The van der Waals surface area contributed by atoms with E-state index < -0.39 is 0 Å². The third-order valence-electron chi connectivity index (χ3n) is 7.29. The Morgan fingerprint density at radius 3 is 1.28 bits per heavy atom. The Bertz CT molecular complexity index is 1510. The molecular weight excluding hydrogens is 436 g/mol. The first kappa shape index (κ1) is 20.8. The van der Waals surface area contributed by atoms with E-state index in [1.807, 2.05) is 12.4 Å². The molecule has 0 saturated heterocycles. The van der Waals surface area contributed by atoms with Gasteiger partial charge < -0.3 is 0 Å². The predicted octanol–water partition coefficient (Wildman–Crippen LogP) is 8.06. The van der Waals surface area contributed by atoms with Crippen molar-refractivity contribution in [3.63, 3.8) is 0 Å². The molecule has 0 aromatic heterocycles. The maximum Gasteiger partial charge on any atom is 0.101 e. The molecule has 7 rings (SSSR count). The van der Waals surface area contributed by atoms with E-state index in [1.165, 1.54) is 55.6 Å². The summed E-state index contributed by atoms with van der Waals surface area (Å²) in [5.41, 5.74) is 12.2. The van der Waals surface area contributed by atoms with Gasteiger partial charge in [0.1, 0.15) is 12.1 Å². The molecule has 2 unspecified atom stereocenters. The van der Waals surface area contributed by atoms with Crippen LogP contribution in [0.15, 0.2) is 131 Å². The monoisotopic (exact) mass is 460 g/mol. The van der Waals surface area contributed by atoms with Crippen LogP contribution in [0.4, 0.5) is 0 Å². The van der Waals surface area contributed by atoms with Crippen molar-refractivity contribution >= 4 is 12.4 Å². The van der Waals surface area contributed by atoms with Gasteiger partial charge in [0.2, 0.25) is 0 Å². The average Bonchev–Trinajstić information content (AvgIpc) is 3.58. The molecule has 36 heavy (non-hydrogen) atoms. The second-order valence-electron chi connectivity index (χ2n) is 9.38. The van der Waals surface area contributed by atoms with Crippen molar-refractivity contribution in [2.45, 2.75) is 12.1 Å². The first-order valence-corrected chi connectivity index (χ1v) is 12.4. The summed E-state index contributed by atoms with van der Waals surface area (Å²) >= 11 is 0. The summed E-state index contributed by atoms with van der Waals surface area (Å²) in [5.74, 6) is 0. The lowest BCUT2D eigenvalue weighted by Gasteiger charge is -2.23. The fourth-order valence-electron chi connectivity index (χ4n) is 5.54. The minimum Gasteiger partial charge on any atom is -0.280 e. The van der Waals surface area contributed by atoms with E-state index in [2.05, 4.69) is 121 Å². The van der Waals surface area contributed by atoms with Crippen molar-refractivity contribution in [2.24, 2.45) is 9.98 Å². The molecule has 170 valence electrons. The topological polar surface area (TPSA) is 24.7 Å². The molecule has 5 aromatic carbocycles. The predicted molar refractivity (Wildman–Crippen MR) is 149 cm³/mol. The zero-order valence-electron chi connectivity index (χ0n) is 19.8. The van der Waals surface area contributed by atoms with Crippen LogP contribution >= 0.6 is 0 Å². The normalized spacial score (nSPS) is 17.2. The Morgan fingerprint density at radius 2 is 0.806 bits per heavy atom. The number of hydrogen-bond donors (Lipinski definition) is 0. The van der Waals surface area contributed by atoms with Crippen molar-refractivity contribution in [3.05, 3.63) is 155 Å². The first-order valence-electron chi connectivity index (χ1n) is 12.4. The lowest BCUT2D eigenvalue weighted by molar-refractivity contribution is 0.869. The summed E-state index contributed by atoms with van der Waals surface area (Å²) in [4.78, 5) is 10.0. The van der Waals surface area contributed by atoms with E-state index >= 15 is 0 Å². The smallest absolute Gasteiger partial charge is 0.101 e. The molecule has 0 spiro atoms. The Hall–Kier alpha value is -4.56. The van der Waals surface area contributed by atoms with E-state index in [4.69, 9.17) is 9.98 Å². The van der Waals surface area contributed by atoms with Crippen LogP contribution in [0.1, 0.15) is 45.5 Å². The third-order valence-corrected chi connectivity index (χ3v) is 7.29. The van der Waals surface area contributed by atoms with Gasteiger partial charge in [-0.2, -0.15) is 0 Å². The molecule has 0 amide bonds. The molecule has 2 heteroatoms. The Labute approximate surface area is 211 Å². The molecule has 0 fully saturated rings. The van der Waals surface area contributed by atoms with Crippen LogP contribution in [0, 0.1) is 0 Å². The SMILES string of the molecule is C1=NC(c2cc(C3N=Cc4ccccc43)c(-c3ccccc3)cc2-c2ccccc2)c2ccccc21. The van der Waals surface area contributed by atoms with E-state index in [0.717, 1.165) is 0 Å². The maximum absolute atomic E-state index is 5.01. The number of fused-ring (bicyclic) bond motifs is 2. The highest BCUT2D eigenvalue weighted by Crippen LogP contribution is 2.45. The summed E-state index contributed by atoms with van der Waals surface area (Å²) in [6, 6.07) is 43.1. The number of rotatable bonds is 4. The average molecular weight is 461 g/mol. The Balaban J connectivity index is 1.52. The zero-order valence-corrected chi connectivity index (χ0v) is 19.8. The Morgan fingerprint density at radius 1 is 0.389 bits per heavy atom. The van der Waals surface area contributed by atoms with Crippen molar-refractivity contribution in [3.8, 4) is 22.3 Å². The van der Waals surface area contributed by atoms with Gasteiger partial charge in [-0.15, -0.1) is 0 Å². The van der Waals surface area contributed by atoms with Gasteiger partial charge in [-0.25, -0.2) is 0 Å². The quantitative estimate of drug-likeness (QED) is 0.259. The molecule has 2 atom stereocenters. The molecule has 0 aliphatic carbocycles. The minimum absolute atomic E-state index is 0.0411. The summed E-state index contributed by atoms with van der Waals surface area (Å²) in [5, 5.41) is 0. The van der Waals surface area contributed by atoms with Crippen molar-refractivity contribution in [1.82, 2.24) is 0 Å². The molecule has 2 nitrogen and oxygen atoms in total. The number of aliphatic imine (C=N–C) groups is 2. The minimum atomic E-state index is -0.0411. The largest absolute Gasteiger partial charge is 0.280 e. The standard InChI is InChI=1S/C34H24N2/c1-3-11-23(12-4-1)29-19-30(24-13-5-2-6-14-24)32(34-28-18-10-8-16-26(28)22-36-34)20-31(29)33-27-17-9-7-15-25(27)21-35-33/h1-22,33-34H. The molecule has 5 aromatic rings. The lowest BCUT2D eigenvalue weighted by Crippen LogP contribution is -2.05. The van der Waals surface area contributed by atoms with Crippen LogP contribution in [-0.4, -0.2) is 12.4 Å². The van der Waals surface area contributed by atoms with Crippen molar-refractivity contribution in [1.29, 1.82) is 0 Å². The highest BCUT2D eigenvalue weighted by atomic mass is 14.8. The van der Waals surface area contributed by atoms with Crippen LogP contribution in [0.25, 0.3) is 22.3 Å². The summed E-state index contributed by atoms with van der Waals surface area (Å²) in [6.07, 6.45) is 4.03. The van der Waals surface area contributed by atoms with Crippen LogP contribution in [0.5, 0.6) is 0 Å². The van der Waals surface area contributed by atoms with Gasteiger partial charge in [0, 0.05) is 12.4 Å². The van der Waals surface area contributed by atoms with Crippen LogP contribution in [-0.2, 0) is 0 Å². The maximum atomic E-state index is 5.01. The number of hydrogen-bond acceptors (Lipinski definition) is 2. The van der Waals surface area contributed by atoms with Gasteiger partial charge in [-0.05, 0) is 67.8 Å². The summed E-state index contributed by atoms with van der Waals surface area (Å²) in [6.45, 7) is 0. The van der Waals surface area contributed by atoms with E-state index in [1.54, 1.807) is 0 Å². The van der Waals surface area contributed by atoms with Crippen LogP contribution in [0.2, 0.25) is 0 Å². The summed E-state index contributed by atoms with van der Waals surface area (Å²) < 4.78 is 0. The lowest BCUT2D eigenvalue weighted by atomic mass is 9.83. The summed E-state index contributed by atoms with van der Waals surface area (Å²) in [7, 11) is 0. The molecule has 2 aliphatic heterocycles. The molecule has 0 saturated carbocycles. The van der Waals surface area contributed by atoms with Gasteiger partial charge in [0.15, 0.2) is 0 Å². The fourth-order valence-corrected chi connectivity index (χ4v) is 5.54. The highest BCUT2D eigenvalue weighted by molar-refractivity contribution is 5.89. The van der Waals surface area contributed by atoms with Crippen molar-refractivity contribution < 1.29 is 0 Å². The van der Waals surface area contributed by atoms with E-state index in [0.29, 0.717) is 0 Å². The molecule has 2 aliphatic rings. The van der Waals surface area contributed by atoms with E-state index in [-0.39, 0.29) is 12.1 Å². The van der Waals surface area contributed by atoms with Gasteiger partial charge in [-0.1, -0.05) is 109 Å². The van der Waals surface area contributed by atoms with Crippen LogP contribution in [0.3, 0.4) is 0 Å². The molecular formula is C34H24N2. The van der Waals surface area contributed by atoms with E-state index in [9.17, 15) is 0 Å². The second kappa shape index (κ2) is 8.58. The van der Waals surface area contributed by atoms with Gasteiger partial charge in [0.25, 0.3) is 0 Å². The molecule has 0 radical (unpaired) electrons. The zero-order chi connectivity index (χ0) is 23.9. The fraction of sp³-hybridized carbons (Fsp3) is 0.0588. The molecule has 0 N–H and O–H groups in total. The van der Waals surface area contributed by atoms with Crippen LogP contribution < -0.4 is 0 Å². The van der Waals surface area contributed by atoms with Gasteiger partial charge >= 0.3 is 0 Å². The van der Waals surface area contributed by atoms with Crippen molar-refractivity contribution in [2.75, 3.05) is 0 Å². The Kier molecular flexibility index (Phi) is 4.96. The first-order chi connectivity index (χ1) is 17.9.